The first kappa shape index (κ1) is 22.2. The lowest BCUT2D eigenvalue weighted by atomic mass is 9.92. The Hall–Kier alpha value is -5.05. The third kappa shape index (κ3) is 3.76. The zero-order chi connectivity index (χ0) is 25.5. The molecule has 1 aliphatic carbocycles. The minimum absolute atomic E-state index is 0.257. The molecule has 0 spiro atoms. The topological polar surface area (TPSA) is 114 Å². The summed E-state index contributed by atoms with van der Waals surface area (Å²) in [5.41, 5.74) is 6.80. The zero-order valence-corrected chi connectivity index (χ0v) is 20.4. The maximum atomic E-state index is 14.2. The molecule has 9 heteroatoms. The fourth-order valence-electron chi connectivity index (χ4n) is 5.13. The number of fused-ring (bicyclic) bond motifs is 2. The van der Waals surface area contributed by atoms with Gasteiger partial charge in [-0.1, -0.05) is 47.6 Å². The van der Waals surface area contributed by atoms with Crippen molar-refractivity contribution in [2.75, 3.05) is 5.32 Å². The summed E-state index contributed by atoms with van der Waals surface area (Å²) >= 11 is 0. The molecule has 186 valence electrons. The van der Waals surface area contributed by atoms with Crippen molar-refractivity contribution in [3.63, 3.8) is 0 Å². The van der Waals surface area contributed by atoms with Gasteiger partial charge >= 0.3 is 0 Å². The second-order valence-corrected chi connectivity index (χ2v) is 9.27. The molecular formula is C29H23N7O2. The molecule has 0 atom stereocenters. The molecular weight excluding hydrogens is 478 g/mol. The smallest absolute Gasteiger partial charge is 0.284 e. The molecule has 0 aliphatic heterocycles. The van der Waals surface area contributed by atoms with Crippen molar-refractivity contribution >= 4 is 33.9 Å². The quantitative estimate of drug-likeness (QED) is 0.298. The Morgan fingerprint density at radius 3 is 2.58 bits per heavy atom. The van der Waals surface area contributed by atoms with Crippen LogP contribution in [0, 0.1) is 0 Å². The predicted octanol–water partition coefficient (Wildman–Crippen LogP) is 5.99. The Balaban J connectivity index is 1.54. The highest BCUT2D eigenvalue weighted by Crippen LogP contribution is 2.37. The largest absolute Gasteiger partial charge is 0.363 e. The van der Waals surface area contributed by atoms with Crippen molar-refractivity contribution in [2.45, 2.75) is 25.7 Å². The van der Waals surface area contributed by atoms with Gasteiger partial charge < -0.3 is 14.8 Å². The average Bonchev–Trinajstić information content (AvgIpc) is 3.62. The van der Waals surface area contributed by atoms with E-state index >= 15 is 0 Å². The molecule has 6 aromatic rings. The van der Waals surface area contributed by atoms with E-state index in [1.54, 1.807) is 18.5 Å². The van der Waals surface area contributed by atoms with Crippen LogP contribution in [0.3, 0.4) is 0 Å². The van der Waals surface area contributed by atoms with E-state index in [4.69, 9.17) is 9.62 Å². The van der Waals surface area contributed by atoms with Gasteiger partial charge in [-0.3, -0.25) is 14.8 Å². The number of benzene rings is 2. The Morgan fingerprint density at radius 2 is 1.79 bits per heavy atom. The van der Waals surface area contributed by atoms with E-state index in [-0.39, 0.29) is 5.56 Å². The summed E-state index contributed by atoms with van der Waals surface area (Å²) in [4.78, 5) is 26.5. The van der Waals surface area contributed by atoms with E-state index in [2.05, 4.69) is 31.5 Å². The summed E-state index contributed by atoms with van der Waals surface area (Å²) < 4.78 is 6.52. The molecule has 0 radical (unpaired) electrons. The molecule has 1 aliphatic rings. The van der Waals surface area contributed by atoms with Crippen molar-refractivity contribution in [2.24, 2.45) is 0 Å². The highest BCUT2D eigenvalue weighted by Gasteiger charge is 2.25. The number of rotatable bonds is 5. The number of hydrogen-bond acceptors (Lipinski definition) is 7. The number of anilines is 2. The lowest BCUT2D eigenvalue weighted by Gasteiger charge is -2.15. The Bertz CT molecular complexity index is 1870. The van der Waals surface area contributed by atoms with Gasteiger partial charge in [0.15, 0.2) is 5.82 Å². The number of aromatic amines is 1. The fourth-order valence-corrected chi connectivity index (χ4v) is 5.13. The minimum Gasteiger partial charge on any atom is -0.363 e. The van der Waals surface area contributed by atoms with Gasteiger partial charge in [0, 0.05) is 29.6 Å². The third-order valence-corrected chi connectivity index (χ3v) is 6.89. The third-order valence-electron chi connectivity index (χ3n) is 6.89. The van der Waals surface area contributed by atoms with Crippen molar-refractivity contribution in [1.29, 1.82) is 0 Å². The molecule has 0 unspecified atom stereocenters. The number of allylic oxidation sites excluding steroid dienone is 2. The molecule has 0 fully saturated rings. The molecule has 2 aromatic carbocycles. The Morgan fingerprint density at radius 1 is 0.921 bits per heavy atom. The van der Waals surface area contributed by atoms with Crippen LogP contribution in [0.25, 0.3) is 44.6 Å². The standard InChI is InChI=1S/C29H23N7O2/c37-29-25(20-11-12-21-22(17-20)31-15-14-30-21)27(32-23-13-16-38-35-23)33-28-24(18-7-3-1-4-8-18)26(34-36(28)29)19-9-5-2-6-10-19/h2,5-7,9-17,33H,1,3-4,8H2,(H,32,35). The van der Waals surface area contributed by atoms with Gasteiger partial charge in [0.25, 0.3) is 5.56 Å². The van der Waals surface area contributed by atoms with Crippen LogP contribution in [-0.2, 0) is 0 Å². The number of hydrogen-bond donors (Lipinski definition) is 2. The van der Waals surface area contributed by atoms with Crippen molar-refractivity contribution < 1.29 is 4.52 Å². The van der Waals surface area contributed by atoms with Gasteiger partial charge in [0.1, 0.15) is 23.4 Å². The molecule has 38 heavy (non-hydrogen) atoms. The lowest BCUT2D eigenvalue weighted by molar-refractivity contribution is 0.423. The summed E-state index contributed by atoms with van der Waals surface area (Å²) in [6, 6.07) is 17.3. The first-order valence-corrected chi connectivity index (χ1v) is 12.6. The molecule has 0 amide bonds. The van der Waals surface area contributed by atoms with Gasteiger partial charge in [-0.25, -0.2) is 0 Å². The van der Waals surface area contributed by atoms with Gasteiger partial charge in [-0.15, -0.1) is 0 Å². The fraction of sp³-hybridized carbons (Fsp3) is 0.138. The molecule has 4 aromatic heterocycles. The van der Waals surface area contributed by atoms with Crippen LogP contribution >= 0.6 is 0 Å². The van der Waals surface area contributed by atoms with E-state index in [0.717, 1.165) is 48.0 Å². The first-order valence-electron chi connectivity index (χ1n) is 12.6. The van der Waals surface area contributed by atoms with E-state index in [1.165, 1.54) is 16.4 Å². The summed E-state index contributed by atoms with van der Waals surface area (Å²) in [7, 11) is 0. The maximum absolute atomic E-state index is 14.2. The summed E-state index contributed by atoms with van der Waals surface area (Å²) in [6.07, 6.45) is 11.2. The lowest BCUT2D eigenvalue weighted by Crippen LogP contribution is -2.20. The van der Waals surface area contributed by atoms with E-state index in [0.29, 0.717) is 33.9 Å². The van der Waals surface area contributed by atoms with E-state index < -0.39 is 0 Å². The Labute approximate surface area is 216 Å². The SMILES string of the molecule is O=c1c(-c2ccc3nccnc3c2)c(Nc2ccon2)[nH]c2c(C3=CCCCC3)c(-c3ccccc3)nn12. The summed E-state index contributed by atoms with van der Waals surface area (Å²) in [5.74, 6) is 0.977. The van der Waals surface area contributed by atoms with Crippen molar-refractivity contribution in [3.05, 3.63) is 95.2 Å². The Kier molecular flexibility index (Phi) is 5.32. The predicted molar refractivity (Wildman–Crippen MR) is 146 cm³/mol. The normalized spacial score (nSPS) is 13.6. The molecule has 0 bridgehead atoms. The number of H-pyrrole nitrogens is 1. The van der Waals surface area contributed by atoms with Crippen LogP contribution in [0.4, 0.5) is 11.6 Å². The summed E-state index contributed by atoms with van der Waals surface area (Å²) in [5, 5.41) is 12.1. The van der Waals surface area contributed by atoms with Crippen LogP contribution in [0.1, 0.15) is 31.2 Å². The average molecular weight is 502 g/mol. The van der Waals surface area contributed by atoms with Gasteiger partial charge in [0.05, 0.1) is 16.6 Å². The zero-order valence-electron chi connectivity index (χ0n) is 20.4. The minimum atomic E-state index is -0.257. The number of nitrogens with one attached hydrogen (secondary N) is 2. The second kappa shape index (κ2) is 9.11. The van der Waals surface area contributed by atoms with Crippen LogP contribution in [0.15, 0.2) is 88.6 Å². The molecule has 0 saturated heterocycles. The molecule has 0 saturated carbocycles. The van der Waals surface area contributed by atoms with Gasteiger partial charge in [-0.2, -0.15) is 9.61 Å². The monoisotopic (exact) mass is 501 g/mol. The van der Waals surface area contributed by atoms with Crippen LogP contribution in [-0.4, -0.2) is 29.7 Å². The molecule has 7 rings (SSSR count). The number of aromatic nitrogens is 6. The maximum Gasteiger partial charge on any atom is 0.284 e. The molecule has 4 heterocycles. The molecule has 2 N–H and O–H groups in total. The van der Waals surface area contributed by atoms with Crippen LogP contribution in [0.2, 0.25) is 0 Å². The first-order chi connectivity index (χ1) is 18.8. The van der Waals surface area contributed by atoms with Gasteiger partial charge in [0.2, 0.25) is 0 Å². The van der Waals surface area contributed by atoms with E-state index in [9.17, 15) is 4.79 Å². The van der Waals surface area contributed by atoms with Crippen LogP contribution < -0.4 is 10.9 Å². The van der Waals surface area contributed by atoms with Gasteiger partial charge in [-0.05, 0) is 49.0 Å². The highest BCUT2D eigenvalue weighted by molar-refractivity contribution is 5.90. The number of nitrogens with zero attached hydrogens (tertiary/aromatic N) is 5. The van der Waals surface area contributed by atoms with Crippen LogP contribution in [0.5, 0.6) is 0 Å². The highest BCUT2D eigenvalue weighted by atomic mass is 16.5. The van der Waals surface area contributed by atoms with Crippen molar-refractivity contribution in [1.82, 2.24) is 29.7 Å². The van der Waals surface area contributed by atoms with E-state index in [1.807, 2.05) is 48.5 Å². The second-order valence-electron chi connectivity index (χ2n) is 9.27. The summed E-state index contributed by atoms with van der Waals surface area (Å²) in [6.45, 7) is 0. The van der Waals surface area contributed by atoms with Crippen molar-refractivity contribution in [3.8, 4) is 22.4 Å². The molecule has 9 nitrogen and oxygen atoms in total.